The molecule has 0 fully saturated rings. The van der Waals surface area contributed by atoms with E-state index in [-0.39, 0.29) is 42.7 Å². The number of aliphatic carboxylic acids is 1. The highest BCUT2D eigenvalue weighted by Gasteiger charge is 2.25. The molecule has 0 radical (unpaired) electrons. The first-order valence-corrected chi connectivity index (χ1v) is 24.2. The van der Waals surface area contributed by atoms with Gasteiger partial charge in [0, 0.05) is 19.3 Å². The van der Waals surface area contributed by atoms with Crippen LogP contribution >= 0.6 is 0 Å². The first-order chi connectivity index (χ1) is 27.6. The number of hydrogen-bond donors (Lipinski definition) is 0. The third-order valence-electron chi connectivity index (χ3n) is 11.2. The zero-order chi connectivity index (χ0) is 42.1. The lowest BCUT2D eigenvalue weighted by atomic mass is 10.0. The van der Waals surface area contributed by atoms with Gasteiger partial charge in [-0.05, 0) is 38.5 Å². The van der Waals surface area contributed by atoms with Crippen LogP contribution in [0.15, 0.2) is 12.2 Å². The van der Waals surface area contributed by atoms with E-state index in [2.05, 4.69) is 26.0 Å². The normalized spacial score (nSPS) is 12.9. The van der Waals surface area contributed by atoms with Crippen LogP contribution in [0, 0.1) is 0 Å². The van der Waals surface area contributed by atoms with Crippen molar-refractivity contribution in [2.24, 2.45) is 0 Å². The summed E-state index contributed by atoms with van der Waals surface area (Å²) in [5.74, 6) is -1.72. The summed E-state index contributed by atoms with van der Waals surface area (Å²) < 4.78 is 17.2. The van der Waals surface area contributed by atoms with Crippen molar-refractivity contribution in [1.82, 2.24) is 0 Å². The molecule has 0 aromatic carbocycles. The molecule has 0 aliphatic carbocycles. The summed E-state index contributed by atoms with van der Waals surface area (Å²) in [7, 11) is 5.42. The van der Waals surface area contributed by atoms with E-state index < -0.39 is 18.1 Å². The number of esters is 2. The standard InChI is InChI=1S/C49H93NO7/c1-6-8-10-12-14-16-18-20-21-22-23-24-25-26-27-28-30-32-34-36-38-40-48(52)57-45(43-55-42-41-46(49(53)54)50(3,4)5)44-56-47(51)39-37-35-33-31-29-19-17-15-13-11-9-7-2/h24-25,45-46H,6-23,26-44H2,1-5H3/b25-24+. The average molecular weight is 808 g/mol. The molecular formula is C49H93NO7. The summed E-state index contributed by atoms with van der Waals surface area (Å²) in [4.78, 5) is 36.9. The average Bonchev–Trinajstić information content (AvgIpc) is 3.17. The molecule has 0 aliphatic heterocycles. The van der Waals surface area contributed by atoms with Gasteiger partial charge >= 0.3 is 11.9 Å². The van der Waals surface area contributed by atoms with Gasteiger partial charge in [-0.25, -0.2) is 0 Å². The number of carboxylic acid groups (broad SMARTS) is 1. The van der Waals surface area contributed by atoms with Gasteiger partial charge in [0.25, 0.3) is 0 Å². The Morgan fingerprint density at radius 2 is 0.877 bits per heavy atom. The number of unbranched alkanes of at least 4 members (excludes halogenated alkanes) is 28. The topological polar surface area (TPSA) is 102 Å². The molecule has 0 bridgehead atoms. The van der Waals surface area contributed by atoms with Crippen molar-refractivity contribution in [1.29, 1.82) is 0 Å². The number of allylic oxidation sites excluding steroid dienone is 2. The lowest BCUT2D eigenvalue weighted by Gasteiger charge is -2.34. The van der Waals surface area contributed by atoms with Crippen LogP contribution in [0.4, 0.5) is 0 Å². The summed E-state index contributed by atoms with van der Waals surface area (Å²) in [6.45, 7) is 4.69. The lowest BCUT2D eigenvalue weighted by molar-refractivity contribution is -0.889. The van der Waals surface area contributed by atoms with E-state index in [4.69, 9.17) is 14.2 Å². The molecule has 0 saturated carbocycles. The van der Waals surface area contributed by atoms with Crippen LogP contribution < -0.4 is 5.11 Å². The van der Waals surface area contributed by atoms with Crippen molar-refractivity contribution in [3.8, 4) is 0 Å². The van der Waals surface area contributed by atoms with Crippen LogP contribution in [0.25, 0.3) is 0 Å². The second-order valence-corrected chi connectivity index (χ2v) is 17.7. The van der Waals surface area contributed by atoms with Gasteiger partial charge in [0.15, 0.2) is 6.10 Å². The molecule has 0 N–H and O–H groups in total. The first kappa shape index (κ1) is 55.1. The van der Waals surface area contributed by atoms with E-state index in [0.717, 1.165) is 38.5 Å². The summed E-state index contributed by atoms with van der Waals surface area (Å²) in [5, 5.41) is 11.6. The molecule has 57 heavy (non-hydrogen) atoms. The number of nitrogens with zero attached hydrogens (tertiary/aromatic N) is 1. The first-order valence-electron chi connectivity index (χ1n) is 24.2. The van der Waals surface area contributed by atoms with Crippen LogP contribution in [0.1, 0.15) is 232 Å². The van der Waals surface area contributed by atoms with Crippen molar-refractivity contribution >= 4 is 17.9 Å². The van der Waals surface area contributed by atoms with Crippen molar-refractivity contribution in [3.63, 3.8) is 0 Å². The minimum absolute atomic E-state index is 0.0447. The quantitative estimate of drug-likeness (QED) is 0.0261. The van der Waals surface area contributed by atoms with Gasteiger partial charge in [-0.2, -0.15) is 0 Å². The molecule has 0 rings (SSSR count). The smallest absolute Gasteiger partial charge is 0.306 e. The summed E-state index contributed by atoms with van der Waals surface area (Å²) in [6, 6.07) is -0.722. The molecule has 336 valence electrons. The Balaban J connectivity index is 4.22. The maximum Gasteiger partial charge on any atom is 0.306 e. The van der Waals surface area contributed by atoms with Crippen molar-refractivity contribution < 1.29 is 38.2 Å². The van der Waals surface area contributed by atoms with Gasteiger partial charge in [0.1, 0.15) is 12.6 Å². The maximum atomic E-state index is 12.7. The fourth-order valence-corrected chi connectivity index (χ4v) is 7.36. The van der Waals surface area contributed by atoms with E-state index >= 15 is 0 Å². The highest BCUT2D eigenvalue weighted by atomic mass is 16.6. The van der Waals surface area contributed by atoms with Crippen LogP contribution in [0.5, 0.6) is 0 Å². The second kappa shape index (κ2) is 40.8. The molecule has 8 nitrogen and oxygen atoms in total. The van der Waals surface area contributed by atoms with Crippen LogP contribution in [0.2, 0.25) is 0 Å². The molecular weight excluding hydrogens is 715 g/mol. The van der Waals surface area contributed by atoms with E-state index in [1.165, 1.54) is 161 Å². The molecule has 0 aromatic heterocycles. The summed E-state index contributed by atoms with van der Waals surface area (Å²) in [6.07, 6.45) is 43.8. The number of quaternary nitrogens is 1. The highest BCUT2D eigenvalue weighted by molar-refractivity contribution is 5.70. The van der Waals surface area contributed by atoms with Crippen molar-refractivity contribution in [2.75, 3.05) is 41.0 Å². The number of carbonyl (C=O) groups is 3. The van der Waals surface area contributed by atoms with E-state index in [9.17, 15) is 19.5 Å². The Morgan fingerprint density at radius 3 is 1.26 bits per heavy atom. The van der Waals surface area contributed by atoms with Crippen LogP contribution in [-0.4, -0.2) is 75.5 Å². The second-order valence-electron chi connectivity index (χ2n) is 17.7. The van der Waals surface area contributed by atoms with Gasteiger partial charge in [-0.3, -0.25) is 9.59 Å². The van der Waals surface area contributed by atoms with Gasteiger partial charge in [-0.15, -0.1) is 0 Å². The lowest BCUT2D eigenvalue weighted by Crippen LogP contribution is -2.55. The van der Waals surface area contributed by atoms with E-state index in [1.54, 1.807) is 21.1 Å². The molecule has 8 heteroatoms. The van der Waals surface area contributed by atoms with Gasteiger partial charge < -0.3 is 28.6 Å². The molecule has 0 spiro atoms. The van der Waals surface area contributed by atoms with Crippen LogP contribution in [-0.2, 0) is 28.6 Å². The molecule has 0 aliphatic rings. The number of likely N-dealkylation sites (N-methyl/N-ethyl adjacent to an activating group) is 1. The van der Waals surface area contributed by atoms with Crippen molar-refractivity contribution in [2.45, 2.75) is 244 Å². The Morgan fingerprint density at radius 1 is 0.509 bits per heavy atom. The molecule has 0 heterocycles. The fourth-order valence-electron chi connectivity index (χ4n) is 7.36. The number of carbonyl (C=O) groups excluding carboxylic acids is 3. The van der Waals surface area contributed by atoms with Gasteiger partial charge in [0.05, 0.1) is 40.3 Å². The third kappa shape index (κ3) is 39.3. The fraction of sp³-hybridized carbons (Fsp3) is 0.898. The summed E-state index contributed by atoms with van der Waals surface area (Å²) in [5.41, 5.74) is 0. The van der Waals surface area contributed by atoms with Gasteiger partial charge in [0.2, 0.25) is 0 Å². The minimum Gasteiger partial charge on any atom is -0.544 e. The Hall–Kier alpha value is -1.93. The predicted molar refractivity (Wildman–Crippen MR) is 236 cm³/mol. The van der Waals surface area contributed by atoms with Crippen LogP contribution in [0.3, 0.4) is 0 Å². The number of hydrogen-bond acceptors (Lipinski definition) is 7. The maximum absolute atomic E-state index is 12.7. The number of ether oxygens (including phenoxy) is 3. The minimum atomic E-state index is -1.12. The molecule has 0 saturated heterocycles. The Labute approximate surface area is 352 Å². The van der Waals surface area contributed by atoms with Gasteiger partial charge in [-0.1, -0.05) is 187 Å². The summed E-state index contributed by atoms with van der Waals surface area (Å²) >= 11 is 0. The van der Waals surface area contributed by atoms with E-state index in [1.807, 2.05) is 0 Å². The third-order valence-corrected chi connectivity index (χ3v) is 11.2. The molecule has 2 atom stereocenters. The predicted octanol–water partition coefficient (Wildman–Crippen LogP) is 12.1. The number of carboxylic acids is 1. The SMILES string of the molecule is CCCCCCCCCCCC/C=C/CCCCCCCCCC(=O)OC(COCCC(C(=O)[O-])[N+](C)(C)C)COC(=O)CCCCCCCCCCCCCC. The Kier molecular flexibility index (Phi) is 39.4. The largest absolute Gasteiger partial charge is 0.544 e. The molecule has 0 aromatic rings. The Bertz CT molecular complexity index is 947. The monoisotopic (exact) mass is 808 g/mol. The number of rotatable bonds is 44. The van der Waals surface area contributed by atoms with Crippen molar-refractivity contribution in [3.05, 3.63) is 12.2 Å². The highest BCUT2D eigenvalue weighted by Crippen LogP contribution is 2.15. The zero-order valence-electron chi connectivity index (χ0n) is 38.3. The molecule has 2 unspecified atom stereocenters. The van der Waals surface area contributed by atoms with E-state index in [0.29, 0.717) is 12.8 Å². The molecule has 0 amide bonds. The zero-order valence-corrected chi connectivity index (χ0v) is 38.3.